The second kappa shape index (κ2) is 5.74. The van der Waals surface area contributed by atoms with E-state index in [0.717, 1.165) is 0 Å². The summed E-state index contributed by atoms with van der Waals surface area (Å²) in [6.45, 7) is 0. The lowest BCUT2D eigenvalue weighted by Crippen LogP contribution is -2.23. The topological polar surface area (TPSA) is 26.0 Å². The van der Waals surface area contributed by atoms with Crippen LogP contribution in [0.25, 0.3) is 0 Å². The molecule has 0 amide bonds. The molecule has 1 fully saturated rings. The van der Waals surface area contributed by atoms with E-state index in [1.54, 1.807) is 11.8 Å². The number of hydrogen-bond acceptors (Lipinski definition) is 2. The first-order chi connectivity index (χ1) is 7.81. The highest BCUT2D eigenvalue weighted by atomic mass is 32.2. The van der Waals surface area contributed by atoms with Crippen LogP contribution in [0.1, 0.15) is 43.7 Å². The maximum atomic E-state index is 6.35. The highest BCUT2D eigenvalue weighted by Gasteiger charge is 2.21. The van der Waals surface area contributed by atoms with Crippen LogP contribution in [0, 0.1) is 5.92 Å². The summed E-state index contributed by atoms with van der Waals surface area (Å²) in [6.07, 6.45) is 8.85. The molecule has 0 saturated heterocycles. The Hall–Kier alpha value is -0.470. The second-order valence-electron chi connectivity index (χ2n) is 4.70. The molecule has 88 valence electrons. The fraction of sp³-hybridized carbons (Fsp3) is 0.571. The van der Waals surface area contributed by atoms with Crippen LogP contribution >= 0.6 is 11.8 Å². The Balaban J connectivity index is 2.04. The molecule has 2 N–H and O–H groups in total. The van der Waals surface area contributed by atoms with Gasteiger partial charge in [-0.3, -0.25) is 0 Å². The standard InChI is InChI=1S/C14H21NS/c1-16-13-9-7-12(8-10-13)14(15)11-5-3-2-4-6-11/h7-11,14H,2-6,15H2,1H3/t14-/m1/s1. The number of nitrogens with two attached hydrogens (primary N) is 1. The molecule has 1 saturated carbocycles. The predicted octanol–water partition coefficient (Wildman–Crippen LogP) is 3.99. The highest BCUT2D eigenvalue weighted by Crippen LogP contribution is 2.33. The zero-order valence-electron chi connectivity index (χ0n) is 9.99. The quantitative estimate of drug-likeness (QED) is 0.802. The molecule has 0 aromatic heterocycles. The minimum absolute atomic E-state index is 0.246. The van der Waals surface area contributed by atoms with Gasteiger partial charge in [-0.1, -0.05) is 31.4 Å². The minimum atomic E-state index is 0.246. The average molecular weight is 235 g/mol. The van der Waals surface area contributed by atoms with Gasteiger partial charge in [0.15, 0.2) is 0 Å². The van der Waals surface area contributed by atoms with Gasteiger partial charge in [-0.15, -0.1) is 11.8 Å². The molecule has 2 rings (SSSR count). The van der Waals surface area contributed by atoms with E-state index >= 15 is 0 Å². The van der Waals surface area contributed by atoms with E-state index in [1.165, 1.54) is 42.6 Å². The Labute approximate surface area is 103 Å². The van der Waals surface area contributed by atoms with E-state index < -0.39 is 0 Å². The molecule has 0 spiro atoms. The maximum absolute atomic E-state index is 6.35. The first-order valence-corrected chi connectivity index (χ1v) is 7.43. The first-order valence-electron chi connectivity index (χ1n) is 6.21. The Kier molecular flexibility index (Phi) is 4.30. The van der Waals surface area contributed by atoms with Crippen molar-refractivity contribution < 1.29 is 0 Å². The molecule has 0 aliphatic heterocycles. The van der Waals surface area contributed by atoms with Crippen molar-refractivity contribution in [3.8, 4) is 0 Å². The summed E-state index contributed by atoms with van der Waals surface area (Å²) in [4.78, 5) is 1.32. The van der Waals surface area contributed by atoms with Gasteiger partial charge in [0.05, 0.1) is 0 Å². The van der Waals surface area contributed by atoms with Crippen LogP contribution < -0.4 is 5.73 Å². The zero-order valence-corrected chi connectivity index (χ0v) is 10.8. The van der Waals surface area contributed by atoms with Crippen molar-refractivity contribution >= 4 is 11.8 Å². The summed E-state index contributed by atoms with van der Waals surface area (Å²) in [5.41, 5.74) is 7.66. The minimum Gasteiger partial charge on any atom is -0.324 e. The van der Waals surface area contributed by atoms with Crippen molar-refractivity contribution in [2.24, 2.45) is 11.7 Å². The summed E-state index contributed by atoms with van der Waals surface area (Å²) in [5.74, 6) is 0.703. The van der Waals surface area contributed by atoms with Gasteiger partial charge in [0.1, 0.15) is 0 Å². The van der Waals surface area contributed by atoms with Crippen molar-refractivity contribution in [1.82, 2.24) is 0 Å². The summed E-state index contributed by atoms with van der Waals surface area (Å²) in [6, 6.07) is 9.01. The predicted molar refractivity (Wildman–Crippen MR) is 71.7 cm³/mol. The zero-order chi connectivity index (χ0) is 11.4. The van der Waals surface area contributed by atoms with Crippen molar-refractivity contribution in [3.05, 3.63) is 29.8 Å². The second-order valence-corrected chi connectivity index (χ2v) is 5.58. The monoisotopic (exact) mass is 235 g/mol. The molecule has 1 atom stereocenters. The lowest BCUT2D eigenvalue weighted by Gasteiger charge is -2.27. The van der Waals surface area contributed by atoms with Crippen molar-refractivity contribution in [1.29, 1.82) is 0 Å². The van der Waals surface area contributed by atoms with E-state index in [-0.39, 0.29) is 6.04 Å². The number of rotatable bonds is 3. The molecule has 16 heavy (non-hydrogen) atoms. The van der Waals surface area contributed by atoms with E-state index in [0.29, 0.717) is 5.92 Å². The molecule has 0 bridgehead atoms. The fourth-order valence-corrected chi connectivity index (χ4v) is 3.00. The van der Waals surface area contributed by atoms with Gasteiger partial charge >= 0.3 is 0 Å². The molecule has 0 radical (unpaired) electrons. The van der Waals surface area contributed by atoms with Gasteiger partial charge in [-0.2, -0.15) is 0 Å². The van der Waals surface area contributed by atoms with Crippen LogP contribution in [-0.2, 0) is 0 Å². The smallest absolute Gasteiger partial charge is 0.0323 e. The molecule has 1 nitrogen and oxygen atoms in total. The van der Waals surface area contributed by atoms with Crippen molar-refractivity contribution in [3.63, 3.8) is 0 Å². The van der Waals surface area contributed by atoms with Gasteiger partial charge < -0.3 is 5.73 Å². The fourth-order valence-electron chi connectivity index (χ4n) is 2.59. The molecule has 1 aliphatic carbocycles. The van der Waals surface area contributed by atoms with Gasteiger partial charge in [-0.25, -0.2) is 0 Å². The number of thioether (sulfide) groups is 1. The van der Waals surface area contributed by atoms with Crippen LogP contribution in [-0.4, -0.2) is 6.26 Å². The molecule has 2 heteroatoms. The Morgan fingerprint density at radius 3 is 2.31 bits per heavy atom. The van der Waals surface area contributed by atoms with E-state index in [9.17, 15) is 0 Å². The third-order valence-electron chi connectivity index (χ3n) is 3.66. The largest absolute Gasteiger partial charge is 0.324 e. The van der Waals surface area contributed by atoms with Crippen molar-refractivity contribution in [2.75, 3.05) is 6.26 Å². The summed E-state index contributed by atoms with van der Waals surface area (Å²) >= 11 is 1.78. The van der Waals surface area contributed by atoms with Crippen LogP contribution in [0.15, 0.2) is 29.2 Å². The molecular weight excluding hydrogens is 214 g/mol. The molecule has 0 unspecified atom stereocenters. The van der Waals surface area contributed by atoms with Crippen molar-refractivity contribution in [2.45, 2.75) is 43.0 Å². The molecule has 1 aromatic carbocycles. The summed E-state index contributed by atoms with van der Waals surface area (Å²) < 4.78 is 0. The third-order valence-corrected chi connectivity index (χ3v) is 4.40. The van der Waals surface area contributed by atoms with Gasteiger partial charge in [0.2, 0.25) is 0 Å². The summed E-state index contributed by atoms with van der Waals surface area (Å²) in [5, 5.41) is 0. The van der Waals surface area contributed by atoms with Crippen LogP contribution in [0.5, 0.6) is 0 Å². The lowest BCUT2D eigenvalue weighted by molar-refractivity contribution is 0.308. The van der Waals surface area contributed by atoms with E-state index in [4.69, 9.17) is 5.73 Å². The van der Waals surface area contributed by atoms with E-state index in [2.05, 4.69) is 30.5 Å². The van der Waals surface area contributed by atoms with E-state index in [1.807, 2.05) is 0 Å². The number of hydrogen-bond donors (Lipinski definition) is 1. The number of benzene rings is 1. The van der Waals surface area contributed by atoms with Gasteiger partial charge in [0.25, 0.3) is 0 Å². The Bertz CT molecular complexity index is 314. The average Bonchev–Trinajstić information content (AvgIpc) is 2.39. The third kappa shape index (κ3) is 2.80. The van der Waals surface area contributed by atoms with Gasteiger partial charge in [0, 0.05) is 10.9 Å². The SMILES string of the molecule is CSc1ccc([C@H](N)C2CCCCC2)cc1. The Morgan fingerprint density at radius 2 is 1.75 bits per heavy atom. The maximum Gasteiger partial charge on any atom is 0.0323 e. The Morgan fingerprint density at radius 1 is 1.12 bits per heavy atom. The molecule has 1 aliphatic rings. The van der Waals surface area contributed by atoms with Crippen LogP contribution in [0.2, 0.25) is 0 Å². The van der Waals surface area contributed by atoms with Crippen LogP contribution in [0.4, 0.5) is 0 Å². The normalized spacial score (nSPS) is 19.6. The van der Waals surface area contributed by atoms with Crippen LogP contribution in [0.3, 0.4) is 0 Å². The molecule has 1 aromatic rings. The highest BCUT2D eigenvalue weighted by molar-refractivity contribution is 7.98. The summed E-state index contributed by atoms with van der Waals surface area (Å²) in [7, 11) is 0. The van der Waals surface area contributed by atoms with Gasteiger partial charge in [-0.05, 0) is 42.7 Å². The molecule has 0 heterocycles. The lowest BCUT2D eigenvalue weighted by atomic mass is 9.81. The first kappa shape index (κ1) is 12.0. The molecular formula is C14H21NS.